The van der Waals surface area contributed by atoms with Crippen LogP contribution in [0, 0.1) is 11.6 Å². The molecule has 1 amide bonds. The Bertz CT molecular complexity index is 1110. The van der Waals surface area contributed by atoms with Gasteiger partial charge in [-0.1, -0.05) is 43.0 Å². The van der Waals surface area contributed by atoms with Crippen LogP contribution in [0.15, 0.2) is 71.6 Å². The third-order valence-corrected chi connectivity index (χ3v) is 6.66. The Morgan fingerprint density at radius 3 is 2.36 bits per heavy atom. The molecule has 0 heterocycles. The van der Waals surface area contributed by atoms with Gasteiger partial charge in [-0.25, -0.2) is 8.78 Å². The highest BCUT2D eigenvalue weighted by atomic mass is 32.2. The first-order valence-electron chi connectivity index (χ1n) is 11.8. The van der Waals surface area contributed by atoms with Crippen LogP contribution in [0.1, 0.15) is 34.0 Å². The highest BCUT2D eigenvalue weighted by Gasteiger charge is 2.23. The summed E-state index contributed by atoms with van der Waals surface area (Å²) in [5.41, 5.74) is 3.07. The molecule has 0 saturated carbocycles. The fourth-order valence-corrected chi connectivity index (χ4v) is 4.40. The van der Waals surface area contributed by atoms with Crippen LogP contribution >= 0.6 is 11.8 Å². The molecule has 3 N–H and O–H groups in total. The molecule has 0 fully saturated rings. The molecule has 5 nitrogen and oxygen atoms in total. The zero-order valence-electron chi connectivity index (χ0n) is 20.5. The van der Waals surface area contributed by atoms with Crippen molar-refractivity contribution < 1.29 is 23.4 Å². The number of hydrogen-bond donors (Lipinski definition) is 3. The lowest BCUT2D eigenvalue weighted by Crippen LogP contribution is -2.48. The molecule has 0 aromatic heterocycles. The van der Waals surface area contributed by atoms with Crippen LogP contribution < -0.4 is 10.6 Å². The molecule has 0 radical (unpaired) electrons. The number of aliphatic hydroxyl groups is 1. The number of ether oxygens (including phenoxy) is 1. The minimum atomic E-state index is -0.994. The molecule has 3 aromatic rings. The van der Waals surface area contributed by atoms with Gasteiger partial charge in [0.2, 0.25) is 0 Å². The molecule has 0 spiro atoms. The molecule has 0 aliphatic rings. The van der Waals surface area contributed by atoms with Crippen molar-refractivity contribution in [1.82, 2.24) is 10.6 Å². The Hall–Kier alpha value is -2.78. The third kappa shape index (κ3) is 8.71. The van der Waals surface area contributed by atoms with E-state index < -0.39 is 23.8 Å². The molecule has 3 aromatic carbocycles. The monoisotopic (exact) mass is 514 g/mol. The summed E-state index contributed by atoms with van der Waals surface area (Å²) in [5, 5.41) is 17.0. The Morgan fingerprint density at radius 2 is 1.69 bits per heavy atom. The van der Waals surface area contributed by atoms with Crippen molar-refractivity contribution in [3.05, 3.63) is 101 Å². The Kier molecular flexibility index (Phi) is 10.9. The number of methoxy groups -OCH3 is 1. The molecule has 36 heavy (non-hydrogen) atoms. The molecule has 8 heteroatoms. The maximum absolute atomic E-state index is 13.8. The zero-order chi connectivity index (χ0) is 25.9. The van der Waals surface area contributed by atoms with E-state index in [2.05, 4.69) is 29.7 Å². The normalized spacial score (nSPS) is 12.8. The first kappa shape index (κ1) is 27.8. The number of nitrogens with one attached hydrogen (secondary N) is 2. The first-order valence-corrected chi connectivity index (χ1v) is 12.8. The van der Waals surface area contributed by atoms with Gasteiger partial charge < -0.3 is 20.5 Å². The van der Waals surface area contributed by atoms with Gasteiger partial charge in [0.1, 0.15) is 11.6 Å². The lowest BCUT2D eigenvalue weighted by atomic mass is 10.00. The van der Waals surface area contributed by atoms with Crippen molar-refractivity contribution in [2.45, 2.75) is 43.4 Å². The summed E-state index contributed by atoms with van der Waals surface area (Å²) in [6, 6.07) is 17.6. The maximum Gasteiger partial charge on any atom is 0.251 e. The average Bonchev–Trinajstić information content (AvgIpc) is 2.86. The van der Waals surface area contributed by atoms with E-state index >= 15 is 0 Å². The number of benzene rings is 3. The molecular formula is C28H32F2N2O3S. The number of thioether (sulfide) groups is 1. The molecule has 0 aliphatic carbocycles. The van der Waals surface area contributed by atoms with Crippen molar-refractivity contribution in [2.75, 3.05) is 19.6 Å². The molecule has 0 saturated heterocycles. The number of hydrogen-bond acceptors (Lipinski definition) is 5. The van der Waals surface area contributed by atoms with Crippen molar-refractivity contribution in [3.63, 3.8) is 0 Å². The van der Waals surface area contributed by atoms with Crippen LogP contribution in [-0.2, 0) is 24.1 Å². The largest absolute Gasteiger partial charge is 0.390 e. The summed E-state index contributed by atoms with van der Waals surface area (Å²) in [4.78, 5) is 13.9. The summed E-state index contributed by atoms with van der Waals surface area (Å²) < 4.78 is 32.6. The Morgan fingerprint density at radius 1 is 1.00 bits per heavy atom. The van der Waals surface area contributed by atoms with Crippen LogP contribution in [0.4, 0.5) is 8.78 Å². The van der Waals surface area contributed by atoms with E-state index in [4.69, 9.17) is 4.74 Å². The number of rotatable bonds is 13. The minimum absolute atomic E-state index is 0.0658. The van der Waals surface area contributed by atoms with Crippen LogP contribution in [0.5, 0.6) is 0 Å². The van der Waals surface area contributed by atoms with E-state index in [1.54, 1.807) is 19.2 Å². The predicted octanol–water partition coefficient (Wildman–Crippen LogP) is 4.72. The SMILES string of the molecule is CCc1cccc(CNC[C@H](O)[C@@H](Cc2cc(F)cc(F)c2)NC(=O)c2ccc(SCOC)cc2)c1. The van der Waals surface area contributed by atoms with Gasteiger partial charge in [0, 0.05) is 36.7 Å². The summed E-state index contributed by atoms with van der Waals surface area (Å²) in [6.07, 6.45) is 0.00291. The number of aliphatic hydroxyl groups excluding tert-OH is 1. The molecular weight excluding hydrogens is 482 g/mol. The van der Waals surface area contributed by atoms with E-state index in [1.165, 1.54) is 29.5 Å². The lowest BCUT2D eigenvalue weighted by molar-refractivity contribution is 0.0829. The van der Waals surface area contributed by atoms with Gasteiger partial charge in [0.25, 0.3) is 5.91 Å². The van der Waals surface area contributed by atoms with Crippen molar-refractivity contribution >= 4 is 17.7 Å². The van der Waals surface area contributed by atoms with Crippen molar-refractivity contribution in [2.24, 2.45) is 0 Å². The van der Waals surface area contributed by atoms with Gasteiger partial charge in [0.05, 0.1) is 18.1 Å². The fraction of sp³-hybridized carbons (Fsp3) is 0.321. The van der Waals surface area contributed by atoms with Crippen LogP contribution in [-0.4, -0.2) is 42.8 Å². The van der Waals surface area contributed by atoms with Gasteiger partial charge in [-0.15, -0.1) is 0 Å². The van der Waals surface area contributed by atoms with Gasteiger partial charge in [0.15, 0.2) is 0 Å². The van der Waals surface area contributed by atoms with E-state index in [0.29, 0.717) is 23.6 Å². The predicted molar refractivity (Wildman–Crippen MR) is 139 cm³/mol. The highest BCUT2D eigenvalue weighted by molar-refractivity contribution is 7.99. The zero-order valence-corrected chi connectivity index (χ0v) is 21.3. The van der Waals surface area contributed by atoms with E-state index in [1.807, 2.05) is 24.3 Å². The number of amides is 1. The van der Waals surface area contributed by atoms with E-state index in [-0.39, 0.29) is 18.9 Å². The van der Waals surface area contributed by atoms with Gasteiger partial charge in [-0.3, -0.25) is 4.79 Å². The number of aryl methyl sites for hydroxylation is 1. The van der Waals surface area contributed by atoms with E-state index in [0.717, 1.165) is 22.9 Å². The van der Waals surface area contributed by atoms with E-state index in [9.17, 15) is 18.7 Å². The summed E-state index contributed by atoms with van der Waals surface area (Å²) >= 11 is 1.50. The van der Waals surface area contributed by atoms with Gasteiger partial charge in [-0.05, 0) is 65.9 Å². The lowest BCUT2D eigenvalue weighted by Gasteiger charge is -2.25. The summed E-state index contributed by atoms with van der Waals surface area (Å²) in [5.74, 6) is -1.29. The standard InChI is InChI=1S/C28H32F2N2O3S/c1-3-19-5-4-6-20(11-19)16-31-17-27(33)26(14-21-12-23(29)15-24(30)13-21)32-28(34)22-7-9-25(10-8-22)36-18-35-2/h4-13,15,26-27,31,33H,3,14,16-18H2,1-2H3,(H,32,34)/t26-,27+/m1/s1. The second-order valence-corrected chi connectivity index (χ2v) is 9.50. The first-order chi connectivity index (χ1) is 17.4. The van der Waals surface area contributed by atoms with Gasteiger partial charge >= 0.3 is 0 Å². The van der Waals surface area contributed by atoms with Crippen LogP contribution in [0.2, 0.25) is 0 Å². The third-order valence-electron chi connectivity index (χ3n) is 5.70. The molecule has 192 valence electrons. The Balaban J connectivity index is 1.69. The van der Waals surface area contributed by atoms with Crippen molar-refractivity contribution in [3.8, 4) is 0 Å². The fourth-order valence-electron chi connectivity index (χ4n) is 3.81. The Labute approximate surface area is 215 Å². The maximum atomic E-state index is 13.8. The minimum Gasteiger partial charge on any atom is -0.390 e. The summed E-state index contributed by atoms with van der Waals surface area (Å²) in [6.45, 7) is 2.82. The second kappa shape index (κ2) is 14.1. The van der Waals surface area contributed by atoms with Gasteiger partial charge in [-0.2, -0.15) is 0 Å². The molecule has 0 aliphatic heterocycles. The highest BCUT2D eigenvalue weighted by Crippen LogP contribution is 2.19. The quantitative estimate of drug-likeness (QED) is 0.228. The molecule has 2 atom stereocenters. The average molecular weight is 515 g/mol. The smallest absolute Gasteiger partial charge is 0.251 e. The van der Waals surface area contributed by atoms with Crippen molar-refractivity contribution in [1.29, 1.82) is 0 Å². The van der Waals surface area contributed by atoms with Crippen LogP contribution in [0.3, 0.4) is 0 Å². The molecule has 0 bridgehead atoms. The van der Waals surface area contributed by atoms with Crippen LogP contribution in [0.25, 0.3) is 0 Å². The topological polar surface area (TPSA) is 70.6 Å². The summed E-state index contributed by atoms with van der Waals surface area (Å²) in [7, 11) is 1.61. The number of carbonyl (C=O) groups is 1. The number of halogens is 2. The molecule has 3 rings (SSSR count). The number of carbonyl (C=O) groups excluding carboxylic acids is 1. The molecule has 0 unspecified atom stereocenters. The second-order valence-electron chi connectivity index (χ2n) is 8.51.